The fourth-order valence-corrected chi connectivity index (χ4v) is 2.07. The number of H-pyrrole nitrogens is 1. The molecule has 0 aliphatic rings. The lowest BCUT2D eigenvalue weighted by molar-refractivity contribution is 1.22. The Balaban J connectivity index is 2.65. The molecule has 0 saturated carbocycles. The lowest BCUT2D eigenvalue weighted by atomic mass is 10.1. The SMILES string of the molecule is Cc1cccc2[nH]c3c(Cl)ncnc3c12. The number of benzene rings is 1. The van der Waals surface area contributed by atoms with E-state index in [9.17, 15) is 0 Å². The van der Waals surface area contributed by atoms with E-state index in [0.29, 0.717) is 5.15 Å². The van der Waals surface area contributed by atoms with Crippen LogP contribution >= 0.6 is 11.6 Å². The van der Waals surface area contributed by atoms with Gasteiger partial charge >= 0.3 is 0 Å². The molecule has 0 saturated heterocycles. The Morgan fingerprint density at radius 2 is 2.13 bits per heavy atom. The third-order valence-corrected chi connectivity index (χ3v) is 2.86. The van der Waals surface area contributed by atoms with Crippen LogP contribution in [0.25, 0.3) is 21.9 Å². The monoisotopic (exact) mass is 217 g/mol. The maximum Gasteiger partial charge on any atom is 0.156 e. The van der Waals surface area contributed by atoms with Gasteiger partial charge in [0.05, 0.1) is 0 Å². The Hall–Kier alpha value is -1.61. The molecule has 3 rings (SSSR count). The molecule has 2 aromatic heterocycles. The van der Waals surface area contributed by atoms with Crippen LogP contribution in [0.3, 0.4) is 0 Å². The minimum absolute atomic E-state index is 0.468. The summed E-state index contributed by atoms with van der Waals surface area (Å²) in [6.45, 7) is 2.06. The van der Waals surface area contributed by atoms with Gasteiger partial charge in [0.2, 0.25) is 0 Å². The zero-order valence-corrected chi connectivity index (χ0v) is 8.84. The molecule has 0 atom stereocenters. The van der Waals surface area contributed by atoms with E-state index in [1.807, 2.05) is 12.1 Å². The third kappa shape index (κ3) is 1.13. The molecule has 0 aliphatic heterocycles. The van der Waals surface area contributed by atoms with Gasteiger partial charge in [0.25, 0.3) is 0 Å². The van der Waals surface area contributed by atoms with Gasteiger partial charge in [0, 0.05) is 10.9 Å². The van der Waals surface area contributed by atoms with E-state index in [4.69, 9.17) is 11.6 Å². The first kappa shape index (κ1) is 8.68. The zero-order valence-electron chi connectivity index (χ0n) is 8.08. The minimum Gasteiger partial charge on any atom is -0.351 e. The van der Waals surface area contributed by atoms with Gasteiger partial charge in [-0.1, -0.05) is 23.7 Å². The summed E-state index contributed by atoms with van der Waals surface area (Å²) in [5, 5.41) is 1.59. The van der Waals surface area contributed by atoms with Crippen LogP contribution in [0.1, 0.15) is 5.56 Å². The number of nitrogens with one attached hydrogen (secondary N) is 1. The van der Waals surface area contributed by atoms with E-state index in [2.05, 4.69) is 27.9 Å². The van der Waals surface area contributed by atoms with Crippen LogP contribution in [-0.2, 0) is 0 Å². The lowest BCUT2D eigenvalue weighted by Crippen LogP contribution is -1.81. The quantitative estimate of drug-likeness (QED) is 0.588. The Kier molecular flexibility index (Phi) is 1.70. The van der Waals surface area contributed by atoms with E-state index in [1.165, 1.54) is 11.9 Å². The molecule has 0 unspecified atom stereocenters. The molecule has 1 N–H and O–H groups in total. The summed E-state index contributed by atoms with van der Waals surface area (Å²) < 4.78 is 0. The number of rotatable bonds is 0. The topological polar surface area (TPSA) is 41.6 Å². The molecule has 0 spiro atoms. The largest absolute Gasteiger partial charge is 0.351 e. The molecule has 0 amide bonds. The Bertz CT molecular complexity index is 657. The van der Waals surface area contributed by atoms with Crippen LogP contribution in [-0.4, -0.2) is 15.0 Å². The summed E-state index contributed by atoms with van der Waals surface area (Å²) in [7, 11) is 0. The van der Waals surface area contributed by atoms with Gasteiger partial charge in [0.1, 0.15) is 17.4 Å². The molecular formula is C11H8ClN3. The predicted octanol–water partition coefficient (Wildman–Crippen LogP) is 3.07. The molecule has 3 nitrogen and oxygen atoms in total. The Morgan fingerprint density at radius 1 is 1.27 bits per heavy atom. The fourth-order valence-electron chi connectivity index (χ4n) is 1.89. The van der Waals surface area contributed by atoms with Gasteiger partial charge < -0.3 is 4.98 Å². The van der Waals surface area contributed by atoms with Crippen molar-refractivity contribution in [2.45, 2.75) is 6.92 Å². The standard InChI is InChI=1S/C11H8ClN3/c1-6-3-2-4-7-8(6)9-10(15-7)11(12)14-5-13-9/h2-5,15H,1H3. The van der Waals surface area contributed by atoms with Crippen molar-refractivity contribution in [3.63, 3.8) is 0 Å². The van der Waals surface area contributed by atoms with Gasteiger partial charge in [-0.25, -0.2) is 9.97 Å². The van der Waals surface area contributed by atoms with Crippen molar-refractivity contribution in [2.75, 3.05) is 0 Å². The number of aryl methyl sites for hydroxylation is 1. The average molecular weight is 218 g/mol. The second kappa shape index (κ2) is 2.94. The van der Waals surface area contributed by atoms with E-state index >= 15 is 0 Å². The summed E-state index contributed by atoms with van der Waals surface area (Å²) in [4.78, 5) is 11.4. The van der Waals surface area contributed by atoms with Crippen molar-refractivity contribution in [3.8, 4) is 0 Å². The number of halogens is 1. The molecule has 0 radical (unpaired) electrons. The van der Waals surface area contributed by atoms with Crippen LogP contribution in [0.15, 0.2) is 24.5 Å². The summed E-state index contributed by atoms with van der Waals surface area (Å²) in [5.74, 6) is 0. The smallest absolute Gasteiger partial charge is 0.156 e. The van der Waals surface area contributed by atoms with Crippen molar-refractivity contribution in [2.24, 2.45) is 0 Å². The highest BCUT2D eigenvalue weighted by Gasteiger charge is 2.09. The normalized spacial score (nSPS) is 11.3. The lowest BCUT2D eigenvalue weighted by Gasteiger charge is -1.94. The number of fused-ring (bicyclic) bond motifs is 3. The molecule has 15 heavy (non-hydrogen) atoms. The predicted molar refractivity (Wildman–Crippen MR) is 61.1 cm³/mol. The molecule has 0 aliphatic carbocycles. The van der Waals surface area contributed by atoms with Crippen molar-refractivity contribution in [3.05, 3.63) is 35.2 Å². The number of hydrogen-bond acceptors (Lipinski definition) is 2. The highest BCUT2D eigenvalue weighted by Crippen LogP contribution is 2.28. The van der Waals surface area contributed by atoms with E-state index in [0.717, 1.165) is 21.9 Å². The van der Waals surface area contributed by atoms with Crippen molar-refractivity contribution >= 4 is 33.5 Å². The van der Waals surface area contributed by atoms with Crippen LogP contribution < -0.4 is 0 Å². The van der Waals surface area contributed by atoms with E-state index in [1.54, 1.807) is 0 Å². The number of nitrogens with zero attached hydrogens (tertiary/aromatic N) is 2. The van der Waals surface area contributed by atoms with Gasteiger partial charge in [-0.05, 0) is 18.6 Å². The average Bonchev–Trinajstić information content (AvgIpc) is 2.59. The Morgan fingerprint density at radius 3 is 3.00 bits per heavy atom. The number of hydrogen-bond donors (Lipinski definition) is 1. The van der Waals surface area contributed by atoms with Crippen molar-refractivity contribution < 1.29 is 0 Å². The molecule has 0 fully saturated rings. The molecule has 4 heteroatoms. The fraction of sp³-hybridized carbons (Fsp3) is 0.0909. The second-order valence-corrected chi connectivity index (χ2v) is 3.87. The summed E-state index contributed by atoms with van der Waals surface area (Å²) in [6.07, 6.45) is 1.49. The second-order valence-electron chi connectivity index (χ2n) is 3.51. The Labute approximate surface area is 91.1 Å². The number of aromatic nitrogens is 3. The molecule has 3 aromatic rings. The van der Waals surface area contributed by atoms with Crippen LogP contribution in [0, 0.1) is 6.92 Å². The first-order chi connectivity index (χ1) is 7.27. The van der Waals surface area contributed by atoms with Crippen LogP contribution in [0.5, 0.6) is 0 Å². The number of aromatic amines is 1. The maximum absolute atomic E-state index is 6.00. The first-order valence-electron chi connectivity index (χ1n) is 4.65. The van der Waals surface area contributed by atoms with Gasteiger partial charge in [-0.3, -0.25) is 0 Å². The summed E-state index contributed by atoms with van der Waals surface area (Å²) in [5.41, 5.74) is 3.94. The molecular weight excluding hydrogens is 210 g/mol. The van der Waals surface area contributed by atoms with Crippen LogP contribution in [0.2, 0.25) is 5.15 Å². The van der Waals surface area contributed by atoms with E-state index < -0.39 is 0 Å². The summed E-state index contributed by atoms with van der Waals surface area (Å²) >= 11 is 6.00. The summed E-state index contributed by atoms with van der Waals surface area (Å²) in [6, 6.07) is 6.08. The van der Waals surface area contributed by atoms with Gasteiger partial charge in [0.15, 0.2) is 5.15 Å². The minimum atomic E-state index is 0.468. The molecule has 74 valence electrons. The molecule has 1 aromatic carbocycles. The van der Waals surface area contributed by atoms with Crippen molar-refractivity contribution in [1.82, 2.24) is 15.0 Å². The van der Waals surface area contributed by atoms with Gasteiger partial charge in [-0.15, -0.1) is 0 Å². The molecule has 2 heterocycles. The first-order valence-corrected chi connectivity index (χ1v) is 5.02. The highest BCUT2D eigenvalue weighted by molar-refractivity contribution is 6.34. The van der Waals surface area contributed by atoms with Crippen molar-refractivity contribution in [1.29, 1.82) is 0 Å². The third-order valence-electron chi connectivity index (χ3n) is 2.57. The van der Waals surface area contributed by atoms with Crippen LogP contribution in [0.4, 0.5) is 0 Å². The van der Waals surface area contributed by atoms with Gasteiger partial charge in [-0.2, -0.15) is 0 Å². The highest BCUT2D eigenvalue weighted by atomic mass is 35.5. The zero-order chi connectivity index (χ0) is 10.4. The maximum atomic E-state index is 6.00. The molecule has 0 bridgehead atoms. The van der Waals surface area contributed by atoms with E-state index in [-0.39, 0.29) is 0 Å².